The topological polar surface area (TPSA) is 133 Å². The average molecular weight is 425 g/mol. The fraction of sp³-hybridized carbons (Fsp3) is 0.810. The number of nitrogens with two attached hydrogens (primary N) is 1. The zero-order chi connectivity index (χ0) is 22.6. The van der Waals surface area contributed by atoms with Gasteiger partial charge in [-0.3, -0.25) is 14.4 Å². The van der Waals surface area contributed by atoms with Gasteiger partial charge in [-0.1, -0.05) is 34.1 Å². The molecule has 2 rings (SSSR count). The molecule has 9 nitrogen and oxygen atoms in total. The summed E-state index contributed by atoms with van der Waals surface area (Å²) >= 11 is 0. The number of carbonyl (C=O) groups is 4. The summed E-state index contributed by atoms with van der Waals surface area (Å²) in [6, 6.07) is -3.00. The van der Waals surface area contributed by atoms with E-state index in [0.29, 0.717) is 45.2 Å². The van der Waals surface area contributed by atoms with Gasteiger partial charge in [0.25, 0.3) is 0 Å². The van der Waals surface area contributed by atoms with Crippen LogP contribution in [0.25, 0.3) is 0 Å². The first-order valence-corrected chi connectivity index (χ1v) is 11.0. The Labute approximate surface area is 178 Å². The van der Waals surface area contributed by atoms with Crippen molar-refractivity contribution in [2.75, 3.05) is 13.1 Å². The minimum atomic E-state index is -1.02. The van der Waals surface area contributed by atoms with Crippen LogP contribution in [0, 0.1) is 11.8 Å². The van der Waals surface area contributed by atoms with Crippen LogP contribution < -0.4 is 11.1 Å². The fourth-order valence-corrected chi connectivity index (χ4v) is 4.18. The molecule has 2 saturated heterocycles. The van der Waals surface area contributed by atoms with Crippen molar-refractivity contribution in [1.82, 2.24) is 15.1 Å². The van der Waals surface area contributed by atoms with Gasteiger partial charge in [-0.25, -0.2) is 4.79 Å². The number of carbonyl (C=O) groups excluding carboxylic acids is 3. The number of carboxylic acids is 1. The third-order valence-electron chi connectivity index (χ3n) is 6.44. The quantitative estimate of drug-likeness (QED) is 0.522. The van der Waals surface area contributed by atoms with Crippen LogP contribution in [0.3, 0.4) is 0 Å². The maximum absolute atomic E-state index is 13.2. The van der Waals surface area contributed by atoms with E-state index in [1.165, 1.54) is 9.80 Å². The minimum Gasteiger partial charge on any atom is -0.480 e. The smallest absolute Gasteiger partial charge is 0.326 e. The lowest BCUT2D eigenvalue weighted by Gasteiger charge is -2.33. The van der Waals surface area contributed by atoms with Gasteiger partial charge in [0.1, 0.15) is 18.1 Å². The molecule has 2 aliphatic rings. The highest BCUT2D eigenvalue weighted by Crippen LogP contribution is 2.23. The lowest BCUT2D eigenvalue weighted by Crippen LogP contribution is -2.58. The molecule has 2 heterocycles. The Bertz CT molecular complexity index is 668. The molecule has 5 atom stereocenters. The van der Waals surface area contributed by atoms with Gasteiger partial charge in [0.05, 0.1) is 6.04 Å². The SMILES string of the molecule is CCC(C)C(NC(=O)C1CCCN1C(=O)C(N)C(C)C)C(=O)N1CCCC1C(=O)O. The summed E-state index contributed by atoms with van der Waals surface area (Å²) in [5, 5.41) is 12.3. The first-order valence-electron chi connectivity index (χ1n) is 11.0. The number of nitrogens with zero attached hydrogens (tertiary/aromatic N) is 2. The van der Waals surface area contributed by atoms with Gasteiger partial charge in [-0.2, -0.15) is 0 Å². The Kier molecular flexibility index (Phi) is 8.23. The van der Waals surface area contributed by atoms with Crippen molar-refractivity contribution < 1.29 is 24.3 Å². The molecular weight excluding hydrogens is 388 g/mol. The van der Waals surface area contributed by atoms with E-state index in [-0.39, 0.29) is 29.6 Å². The van der Waals surface area contributed by atoms with Gasteiger partial charge in [0, 0.05) is 13.1 Å². The summed E-state index contributed by atoms with van der Waals surface area (Å²) in [6.45, 7) is 8.34. The van der Waals surface area contributed by atoms with E-state index in [2.05, 4.69) is 5.32 Å². The molecule has 0 radical (unpaired) electrons. The summed E-state index contributed by atoms with van der Waals surface area (Å²) in [7, 11) is 0. The van der Waals surface area contributed by atoms with Crippen molar-refractivity contribution in [3.05, 3.63) is 0 Å². The Morgan fingerprint density at radius 3 is 2.03 bits per heavy atom. The molecule has 0 spiro atoms. The van der Waals surface area contributed by atoms with Gasteiger partial charge in [0.2, 0.25) is 17.7 Å². The molecule has 5 unspecified atom stereocenters. The van der Waals surface area contributed by atoms with Crippen molar-refractivity contribution in [2.24, 2.45) is 17.6 Å². The Hall–Kier alpha value is -2.16. The molecule has 2 fully saturated rings. The molecule has 0 saturated carbocycles. The normalized spacial score (nSPS) is 24.6. The van der Waals surface area contributed by atoms with Crippen molar-refractivity contribution in [2.45, 2.75) is 84.0 Å². The third kappa shape index (κ3) is 5.11. The van der Waals surface area contributed by atoms with E-state index in [4.69, 9.17) is 5.73 Å². The third-order valence-corrected chi connectivity index (χ3v) is 6.44. The van der Waals surface area contributed by atoms with E-state index in [0.717, 1.165) is 0 Å². The number of rotatable bonds is 8. The second-order valence-electron chi connectivity index (χ2n) is 8.86. The first kappa shape index (κ1) is 24.1. The Balaban J connectivity index is 2.16. The summed E-state index contributed by atoms with van der Waals surface area (Å²) in [5.41, 5.74) is 6.01. The lowest BCUT2D eigenvalue weighted by molar-refractivity contribution is -0.150. The maximum atomic E-state index is 13.2. The van der Waals surface area contributed by atoms with Crippen LogP contribution in [0.1, 0.15) is 59.8 Å². The molecule has 4 N–H and O–H groups in total. The van der Waals surface area contributed by atoms with Gasteiger partial charge < -0.3 is 26.0 Å². The minimum absolute atomic E-state index is 0.0423. The molecule has 0 aromatic heterocycles. The number of nitrogens with one attached hydrogen (secondary N) is 1. The number of hydrogen-bond acceptors (Lipinski definition) is 5. The first-order chi connectivity index (χ1) is 14.1. The van der Waals surface area contributed by atoms with Crippen LogP contribution in [0.4, 0.5) is 0 Å². The molecule has 170 valence electrons. The van der Waals surface area contributed by atoms with E-state index < -0.39 is 30.1 Å². The molecule has 0 aromatic rings. The van der Waals surface area contributed by atoms with Crippen LogP contribution in [0.15, 0.2) is 0 Å². The Morgan fingerprint density at radius 2 is 1.53 bits per heavy atom. The van der Waals surface area contributed by atoms with Crippen molar-refractivity contribution in [3.63, 3.8) is 0 Å². The Morgan fingerprint density at radius 1 is 1.00 bits per heavy atom. The maximum Gasteiger partial charge on any atom is 0.326 e. The zero-order valence-corrected chi connectivity index (χ0v) is 18.5. The molecule has 0 aliphatic carbocycles. The number of likely N-dealkylation sites (tertiary alicyclic amines) is 2. The highest BCUT2D eigenvalue weighted by atomic mass is 16.4. The zero-order valence-electron chi connectivity index (χ0n) is 18.5. The number of aliphatic carboxylic acids is 1. The summed E-state index contributed by atoms with van der Waals surface area (Å²) in [6.07, 6.45) is 2.91. The predicted octanol–water partition coefficient (Wildman–Crippen LogP) is 0.567. The molecule has 9 heteroatoms. The molecular formula is C21H36N4O5. The number of hydrogen-bond donors (Lipinski definition) is 3. The van der Waals surface area contributed by atoms with E-state index >= 15 is 0 Å². The number of amides is 3. The van der Waals surface area contributed by atoms with E-state index in [1.54, 1.807) is 0 Å². The van der Waals surface area contributed by atoms with E-state index in [1.807, 2.05) is 27.7 Å². The second kappa shape index (κ2) is 10.2. The molecule has 2 aliphatic heterocycles. The predicted molar refractivity (Wildman–Crippen MR) is 111 cm³/mol. The molecule has 30 heavy (non-hydrogen) atoms. The number of carboxylic acid groups (broad SMARTS) is 1. The van der Waals surface area contributed by atoms with Gasteiger partial charge in [-0.15, -0.1) is 0 Å². The van der Waals surface area contributed by atoms with E-state index in [9.17, 15) is 24.3 Å². The largest absolute Gasteiger partial charge is 0.480 e. The molecule has 3 amide bonds. The molecule has 0 aromatic carbocycles. The van der Waals surface area contributed by atoms with Crippen molar-refractivity contribution in [1.29, 1.82) is 0 Å². The standard InChI is InChI=1S/C21H36N4O5/c1-5-13(4)17(20(28)25-11-7-9-15(25)21(29)30)23-18(26)14-8-6-10-24(14)19(27)16(22)12(2)3/h12-17H,5-11,22H2,1-4H3,(H,23,26)(H,29,30). The monoisotopic (exact) mass is 424 g/mol. The van der Waals surface area contributed by atoms with Crippen LogP contribution >= 0.6 is 0 Å². The van der Waals surface area contributed by atoms with Crippen LogP contribution in [0.5, 0.6) is 0 Å². The van der Waals surface area contributed by atoms with Crippen LogP contribution in [-0.2, 0) is 19.2 Å². The lowest BCUT2D eigenvalue weighted by atomic mass is 9.96. The second-order valence-corrected chi connectivity index (χ2v) is 8.86. The summed E-state index contributed by atoms with van der Waals surface area (Å²) in [4.78, 5) is 53.4. The summed E-state index contributed by atoms with van der Waals surface area (Å²) in [5.74, 6) is -2.22. The van der Waals surface area contributed by atoms with Gasteiger partial charge in [0.15, 0.2) is 0 Å². The van der Waals surface area contributed by atoms with Gasteiger partial charge >= 0.3 is 5.97 Å². The van der Waals surface area contributed by atoms with Crippen molar-refractivity contribution in [3.8, 4) is 0 Å². The average Bonchev–Trinajstić information content (AvgIpc) is 3.39. The fourth-order valence-electron chi connectivity index (χ4n) is 4.18. The highest BCUT2D eigenvalue weighted by molar-refractivity contribution is 5.94. The summed E-state index contributed by atoms with van der Waals surface area (Å²) < 4.78 is 0. The van der Waals surface area contributed by atoms with Crippen molar-refractivity contribution >= 4 is 23.7 Å². The highest BCUT2D eigenvalue weighted by Gasteiger charge is 2.42. The van der Waals surface area contributed by atoms with Crippen LogP contribution in [-0.4, -0.2) is 75.9 Å². The van der Waals surface area contributed by atoms with Gasteiger partial charge in [-0.05, 0) is 37.5 Å². The van der Waals surface area contributed by atoms with Crippen LogP contribution in [0.2, 0.25) is 0 Å². The molecule has 0 bridgehead atoms.